The molecule has 0 heterocycles. The highest BCUT2D eigenvalue weighted by Crippen LogP contribution is 2.25. The van der Waals surface area contributed by atoms with Crippen LogP contribution in [0, 0.1) is 6.92 Å². The van der Waals surface area contributed by atoms with Crippen molar-refractivity contribution >= 4 is 34.8 Å². The minimum atomic E-state index is -0.678. The average Bonchev–Trinajstić information content (AvgIpc) is 2.45. The van der Waals surface area contributed by atoms with Gasteiger partial charge < -0.3 is 10.1 Å². The van der Waals surface area contributed by atoms with E-state index in [4.69, 9.17) is 27.9 Å². The highest BCUT2D eigenvalue weighted by molar-refractivity contribution is 6.32. The zero-order chi connectivity index (χ0) is 15.4. The summed E-state index contributed by atoms with van der Waals surface area (Å²) in [5.74, 6) is 0.213. The van der Waals surface area contributed by atoms with Crippen LogP contribution in [-0.2, 0) is 4.79 Å². The van der Waals surface area contributed by atoms with Gasteiger partial charge in [-0.3, -0.25) is 4.79 Å². The number of anilines is 1. The van der Waals surface area contributed by atoms with Crippen LogP contribution in [0.15, 0.2) is 42.5 Å². The molecule has 5 heteroatoms. The molecule has 21 heavy (non-hydrogen) atoms. The highest BCUT2D eigenvalue weighted by atomic mass is 35.5. The lowest BCUT2D eigenvalue weighted by Gasteiger charge is -2.16. The monoisotopic (exact) mass is 323 g/mol. The van der Waals surface area contributed by atoms with Gasteiger partial charge in [-0.15, -0.1) is 0 Å². The summed E-state index contributed by atoms with van der Waals surface area (Å²) in [4.78, 5) is 12.2. The zero-order valence-corrected chi connectivity index (χ0v) is 13.2. The number of halogens is 2. The molecule has 0 aliphatic rings. The molecule has 3 nitrogen and oxygen atoms in total. The van der Waals surface area contributed by atoms with E-state index in [0.717, 1.165) is 5.56 Å². The fraction of sp³-hybridized carbons (Fsp3) is 0.188. The lowest BCUT2D eigenvalue weighted by Crippen LogP contribution is -2.30. The van der Waals surface area contributed by atoms with Gasteiger partial charge in [0.25, 0.3) is 5.91 Å². The molecule has 2 aromatic carbocycles. The molecule has 1 atom stereocenters. The van der Waals surface area contributed by atoms with Gasteiger partial charge in [-0.05, 0) is 43.7 Å². The second-order valence-corrected chi connectivity index (χ2v) is 5.48. The molecule has 0 aliphatic carbocycles. The van der Waals surface area contributed by atoms with E-state index in [1.807, 2.05) is 13.0 Å². The van der Waals surface area contributed by atoms with Gasteiger partial charge in [0.2, 0.25) is 0 Å². The van der Waals surface area contributed by atoms with Gasteiger partial charge in [-0.25, -0.2) is 0 Å². The van der Waals surface area contributed by atoms with Crippen LogP contribution in [0.4, 0.5) is 5.69 Å². The molecule has 0 fully saturated rings. The van der Waals surface area contributed by atoms with Crippen molar-refractivity contribution in [3.8, 4) is 5.75 Å². The summed E-state index contributed by atoms with van der Waals surface area (Å²) in [5.41, 5.74) is 1.60. The third-order valence-electron chi connectivity index (χ3n) is 2.97. The Bertz CT molecular complexity index is 658. The smallest absolute Gasteiger partial charge is 0.265 e. The molecule has 0 unspecified atom stereocenters. The number of carbonyl (C=O) groups is 1. The van der Waals surface area contributed by atoms with Gasteiger partial charge in [0.1, 0.15) is 5.75 Å². The molecule has 0 saturated carbocycles. The van der Waals surface area contributed by atoms with Crippen molar-refractivity contribution in [3.05, 3.63) is 58.1 Å². The molecule has 110 valence electrons. The Balaban J connectivity index is 2.06. The third kappa shape index (κ3) is 4.13. The maximum Gasteiger partial charge on any atom is 0.265 e. The van der Waals surface area contributed by atoms with E-state index in [2.05, 4.69) is 5.32 Å². The van der Waals surface area contributed by atoms with E-state index in [9.17, 15) is 4.79 Å². The lowest BCUT2D eigenvalue weighted by atomic mass is 10.2. The van der Waals surface area contributed by atoms with Crippen LogP contribution < -0.4 is 10.1 Å². The molecular formula is C16H15Cl2NO2. The molecule has 0 aromatic heterocycles. The quantitative estimate of drug-likeness (QED) is 0.885. The predicted octanol–water partition coefficient (Wildman–Crippen LogP) is 4.71. The first-order valence-electron chi connectivity index (χ1n) is 6.45. The number of hydrogen-bond donors (Lipinski definition) is 1. The largest absolute Gasteiger partial charge is 0.479 e. The van der Waals surface area contributed by atoms with Gasteiger partial charge in [0.15, 0.2) is 6.10 Å². The first-order valence-corrected chi connectivity index (χ1v) is 7.21. The van der Waals surface area contributed by atoms with E-state index in [-0.39, 0.29) is 5.91 Å². The summed E-state index contributed by atoms with van der Waals surface area (Å²) >= 11 is 11.9. The van der Waals surface area contributed by atoms with Crippen molar-refractivity contribution in [1.82, 2.24) is 0 Å². The Kier molecular flexibility index (Phi) is 5.10. The topological polar surface area (TPSA) is 38.3 Å². The summed E-state index contributed by atoms with van der Waals surface area (Å²) in [5, 5.41) is 3.83. The summed E-state index contributed by atoms with van der Waals surface area (Å²) in [7, 11) is 0. The number of hydrogen-bond acceptors (Lipinski definition) is 2. The molecule has 0 saturated heterocycles. The normalized spacial score (nSPS) is 11.8. The van der Waals surface area contributed by atoms with Crippen molar-refractivity contribution in [1.29, 1.82) is 0 Å². The molecular weight excluding hydrogens is 309 g/mol. The summed E-state index contributed by atoms with van der Waals surface area (Å²) in [6.07, 6.45) is -0.678. The number of rotatable bonds is 4. The number of carbonyl (C=O) groups excluding carboxylic acids is 1. The van der Waals surface area contributed by atoms with E-state index >= 15 is 0 Å². The van der Waals surface area contributed by atoms with Crippen LogP contribution in [0.2, 0.25) is 10.0 Å². The van der Waals surface area contributed by atoms with Crippen LogP contribution in [0.5, 0.6) is 5.75 Å². The van der Waals surface area contributed by atoms with Crippen LogP contribution in [0.25, 0.3) is 0 Å². The van der Waals surface area contributed by atoms with Crippen molar-refractivity contribution in [2.75, 3.05) is 5.32 Å². The predicted molar refractivity (Wildman–Crippen MR) is 86.4 cm³/mol. The molecule has 1 N–H and O–H groups in total. The maximum absolute atomic E-state index is 12.2. The van der Waals surface area contributed by atoms with Crippen LogP contribution in [0.3, 0.4) is 0 Å². The number of aryl methyl sites for hydroxylation is 1. The SMILES string of the molecule is Cc1ccc(Cl)cc1NC(=O)[C@H](C)Oc1ccccc1Cl. The standard InChI is InChI=1S/C16H15Cl2NO2/c1-10-7-8-12(17)9-14(10)19-16(20)11(2)21-15-6-4-3-5-13(15)18/h3-9,11H,1-2H3,(H,19,20)/t11-/m0/s1. The zero-order valence-electron chi connectivity index (χ0n) is 11.7. The number of nitrogens with one attached hydrogen (secondary N) is 1. The Morgan fingerprint density at radius 2 is 1.90 bits per heavy atom. The van der Waals surface area contributed by atoms with Crippen molar-refractivity contribution in [2.24, 2.45) is 0 Å². The van der Waals surface area contributed by atoms with Gasteiger partial charge in [0.05, 0.1) is 5.02 Å². The first kappa shape index (κ1) is 15.7. The second kappa shape index (κ2) is 6.83. The number of para-hydroxylation sites is 1. The van der Waals surface area contributed by atoms with Gasteiger partial charge in [-0.1, -0.05) is 41.4 Å². The molecule has 0 radical (unpaired) electrons. The lowest BCUT2D eigenvalue weighted by molar-refractivity contribution is -0.122. The second-order valence-electron chi connectivity index (χ2n) is 4.64. The summed E-state index contributed by atoms with van der Waals surface area (Å²) < 4.78 is 5.57. The van der Waals surface area contributed by atoms with E-state index in [1.54, 1.807) is 43.3 Å². The minimum Gasteiger partial charge on any atom is -0.479 e. The van der Waals surface area contributed by atoms with Crippen LogP contribution >= 0.6 is 23.2 Å². The van der Waals surface area contributed by atoms with E-state index in [0.29, 0.717) is 21.5 Å². The average molecular weight is 324 g/mol. The number of amides is 1. The van der Waals surface area contributed by atoms with Gasteiger partial charge in [-0.2, -0.15) is 0 Å². The molecule has 0 bridgehead atoms. The molecule has 2 aromatic rings. The van der Waals surface area contributed by atoms with Crippen LogP contribution in [-0.4, -0.2) is 12.0 Å². The number of benzene rings is 2. The molecule has 2 rings (SSSR count). The van der Waals surface area contributed by atoms with E-state index in [1.165, 1.54) is 0 Å². The molecule has 0 aliphatic heterocycles. The maximum atomic E-state index is 12.2. The Hall–Kier alpha value is -1.71. The fourth-order valence-electron chi connectivity index (χ4n) is 1.75. The molecule has 1 amide bonds. The van der Waals surface area contributed by atoms with Crippen molar-refractivity contribution < 1.29 is 9.53 Å². The van der Waals surface area contributed by atoms with Crippen molar-refractivity contribution in [2.45, 2.75) is 20.0 Å². The highest BCUT2D eigenvalue weighted by Gasteiger charge is 2.17. The van der Waals surface area contributed by atoms with Gasteiger partial charge >= 0.3 is 0 Å². The summed E-state index contributed by atoms with van der Waals surface area (Å²) in [6, 6.07) is 12.4. The third-order valence-corrected chi connectivity index (χ3v) is 3.51. The summed E-state index contributed by atoms with van der Waals surface area (Å²) in [6.45, 7) is 3.56. The molecule has 0 spiro atoms. The van der Waals surface area contributed by atoms with Crippen molar-refractivity contribution in [3.63, 3.8) is 0 Å². The fourth-order valence-corrected chi connectivity index (χ4v) is 2.10. The Labute approximate surface area is 133 Å². The van der Waals surface area contributed by atoms with Crippen LogP contribution in [0.1, 0.15) is 12.5 Å². The Morgan fingerprint density at radius 1 is 1.19 bits per heavy atom. The minimum absolute atomic E-state index is 0.264. The first-order chi connectivity index (χ1) is 9.97. The van der Waals surface area contributed by atoms with Gasteiger partial charge in [0, 0.05) is 10.7 Å². The number of ether oxygens (including phenoxy) is 1. The Morgan fingerprint density at radius 3 is 2.62 bits per heavy atom. The van der Waals surface area contributed by atoms with E-state index < -0.39 is 6.10 Å².